The van der Waals surface area contributed by atoms with Crippen LogP contribution >= 0.6 is 0 Å². The maximum absolute atomic E-state index is 8.67. The lowest BCUT2D eigenvalue weighted by molar-refractivity contribution is -0.182. The maximum atomic E-state index is 8.67. The van der Waals surface area contributed by atoms with Crippen LogP contribution in [0.2, 0.25) is 0 Å². The van der Waals surface area contributed by atoms with E-state index < -0.39 is 0 Å². The van der Waals surface area contributed by atoms with Crippen molar-refractivity contribution in [3.8, 4) is 0 Å². The van der Waals surface area contributed by atoms with Gasteiger partial charge in [0.1, 0.15) is 0 Å². The van der Waals surface area contributed by atoms with E-state index in [-0.39, 0.29) is 12.9 Å². The third-order valence-corrected chi connectivity index (χ3v) is 2.12. The van der Waals surface area contributed by atoms with E-state index in [1.54, 1.807) is 0 Å². The van der Waals surface area contributed by atoms with Crippen LogP contribution in [0.3, 0.4) is 0 Å². The van der Waals surface area contributed by atoms with E-state index >= 15 is 0 Å². The highest BCUT2D eigenvalue weighted by atomic mass is 16.7. The van der Waals surface area contributed by atoms with Crippen molar-refractivity contribution in [2.75, 3.05) is 40.0 Å². The number of ether oxygens (including phenoxy) is 2. The van der Waals surface area contributed by atoms with Crippen molar-refractivity contribution in [2.24, 2.45) is 0 Å². The van der Waals surface area contributed by atoms with Gasteiger partial charge in [-0.05, 0) is 13.5 Å². The fourth-order valence-corrected chi connectivity index (χ4v) is 1.31. The average Bonchev–Trinajstić information content (AvgIpc) is 2.17. The average molecular weight is 189 g/mol. The molecule has 4 heteroatoms. The second-order valence-corrected chi connectivity index (χ2v) is 3.34. The van der Waals surface area contributed by atoms with Gasteiger partial charge in [-0.3, -0.25) is 0 Å². The predicted octanol–water partition coefficient (Wildman–Crippen LogP) is 0.0636. The molecule has 0 amide bonds. The van der Waals surface area contributed by atoms with Crippen molar-refractivity contribution in [2.45, 2.75) is 19.1 Å². The van der Waals surface area contributed by atoms with Crippen molar-refractivity contribution in [1.82, 2.24) is 4.90 Å². The molecule has 1 aliphatic rings. The Morgan fingerprint density at radius 2 is 2.00 bits per heavy atom. The van der Waals surface area contributed by atoms with Gasteiger partial charge in [0.25, 0.3) is 0 Å². The molecule has 1 saturated heterocycles. The number of rotatable bonds is 5. The first-order chi connectivity index (χ1) is 6.33. The highest BCUT2D eigenvalue weighted by Crippen LogP contribution is 2.08. The minimum absolute atomic E-state index is 0.0325. The van der Waals surface area contributed by atoms with E-state index in [4.69, 9.17) is 14.6 Å². The van der Waals surface area contributed by atoms with Crippen LogP contribution in [0.5, 0.6) is 0 Å². The van der Waals surface area contributed by atoms with Gasteiger partial charge in [0, 0.05) is 19.5 Å². The van der Waals surface area contributed by atoms with E-state index in [9.17, 15) is 0 Å². The maximum Gasteiger partial charge on any atom is 0.158 e. The quantitative estimate of drug-likeness (QED) is 0.664. The van der Waals surface area contributed by atoms with Gasteiger partial charge in [-0.1, -0.05) is 0 Å². The van der Waals surface area contributed by atoms with E-state index in [0.29, 0.717) is 6.54 Å². The highest BCUT2D eigenvalue weighted by molar-refractivity contribution is 4.56. The molecule has 0 unspecified atom stereocenters. The molecule has 0 spiro atoms. The molecule has 0 aromatic carbocycles. The summed E-state index contributed by atoms with van der Waals surface area (Å²) in [5.41, 5.74) is 0. The van der Waals surface area contributed by atoms with Crippen LogP contribution in [-0.2, 0) is 9.47 Å². The monoisotopic (exact) mass is 189 g/mol. The van der Waals surface area contributed by atoms with E-state index in [1.165, 1.54) is 0 Å². The molecule has 0 aliphatic carbocycles. The zero-order chi connectivity index (χ0) is 9.52. The van der Waals surface area contributed by atoms with Gasteiger partial charge in [-0.2, -0.15) is 0 Å². The molecule has 0 atom stereocenters. The van der Waals surface area contributed by atoms with E-state index in [2.05, 4.69) is 4.90 Å². The summed E-state index contributed by atoms with van der Waals surface area (Å²) < 4.78 is 10.8. The van der Waals surface area contributed by atoms with Gasteiger partial charge in [0.15, 0.2) is 6.29 Å². The smallest absolute Gasteiger partial charge is 0.158 e. The number of hydrogen-bond donors (Lipinski definition) is 1. The third kappa shape index (κ3) is 4.57. The fraction of sp³-hybridized carbons (Fsp3) is 1.00. The molecule has 0 saturated carbocycles. The van der Waals surface area contributed by atoms with Crippen LogP contribution in [-0.4, -0.2) is 56.3 Å². The molecular weight excluding hydrogens is 170 g/mol. The van der Waals surface area contributed by atoms with Gasteiger partial charge >= 0.3 is 0 Å². The number of likely N-dealkylation sites (N-methyl/N-ethyl adjacent to an activating group) is 1. The van der Waals surface area contributed by atoms with Gasteiger partial charge in [0.2, 0.25) is 0 Å². The van der Waals surface area contributed by atoms with Gasteiger partial charge in [-0.15, -0.1) is 0 Å². The largest absolute Gasteiger partial charge is 0.395 e. The molecule has 1 fully saturated rings. The molecule has 78 valence electrons. The molecule has 0 aromatic heterocycles. The normalized spacial score (nSPS) is 19.6. The molecule has 1 rings (SSSR count). The third-order valence-electron chi connectivity index (χ3n) is 2.12. The minimum atomic E-state index is -0.0325. The summed E-state index contributed by atoms with van der Waals surface area (Å²) in [6, 6.07) is 0. The van der Waals surface area contributed by atoms with Gasteiger partial charge in [0.05, 0.1) is 19.8 Å². The van der Waals surface area contributed by atoms with E-state index in [0.717, 1.165) is 32.6 Å². The Kier molecular flexibility index (Phi) is 5.31. The molecule has 1 aliphatic heterocycles. The number of hydrogen-bond acceptors (Lipinski definition) is 4. The number of aliphatic hydroxyl groups excluding tert-OH is 1. The predicted molar refractivity (Wildman–Crippen MR) is 49.5 cm³/mol. The summed E-state index contributed by atoms with van der Waals surface area (Å²) >= 11 is 0. The minimum Gasteiger partial charge on any atom is -0.395 e. The Balaban J connectivity index is 2.03. The molecular formula is C9H19NO3. The lowest BCUT2D eigenvalue weighted by Crippen LogP contribution is -2.31. The molecule has 4 nitrogen and oxygen atoms in total. The lowest BCUT2D eigenvalue weighted by atomic mass is 10.3. The van der Waals surface area contributed by atoms with Gasteiger partial charge < -0.3 is 19.5 Å². The molecule has 1 heterocycles. The van der Waals surface area contributed by atoms with E-state index in [1.807, 2.05) is 7.05 Å². The molecule has 0 bridgehead atoms. The summed E-state index contributed by atoms with van der Waals surface area (Å²) in [4.78, 5) is 2.07. The molecule has 1 N–H and O–H groups in total. The molecule has 0 radical (unpaired) electrons. The Morgan fingerprint density at radius 1 is 1.31 bits per heavy atom. The molecule has 0 aromatic rings. The second kappa shape index (κ2) is 6.32. The van der Waals surface area contributed by atoms with Crippen LogP contribution in [0.25, 0.3) is 0 Å². The van der Waals surface area contributed by atoms with Crippen LogP contribution in [0.4, 0.5) is 0 Å². The SMILES string of the molecule is CN(CCO)CCC1OCCCO1. The Hall–Kier alpha value is -0.160. The molecule has 13 heavy (non-hydrogen) atoms. The summed E-state index contributed by atoms with van der Waals surface area (Å²) in [7, 11) is 1.99. The van der Waals surface area contributed by atoms with Crippen LogP contribution in [0.15, 0.2) is 0 Å². The zero-order valence-corrected chi connectivity index (χ0v) is 8.24. The summed E-state index contributed by atoms with van der Waals surface area (Å²) in [5.74, 6) is 0. The summed E-state index contributed by atoms with van der Waals surface area (Å²) in [6.45, 7) is 3.46. The van der Waals surface area contributed by atoms with Gasteiger partial charge in [-0.25, -0.2) is 0 Å². The Morgan fingerprint density at radius 3 is 2.62 bits per heavy atom. The highest BCUT2D eigenvalue weighted by Gasteiger charge is 2.14. The van der Waals surface area contributed by atoms with Crippen molar-refractivity contribution >= 4 is 0 Å². The van der Waals surface area contributed by atoms with Crippen molar-refractivity contribution < 1.29 is 14.6 Å². The fourth-order valence-electron chi connectivity index (χ4n) is 1.31. The number of aliphatic hydroxyl groups is 1. The standard InChI is InChI=1S/C9H19NO3/c1-10(5-6-11)4-3-9-12-7-2-8-13-9/h9,11H,2-8H2,1H3. The first kappa shape index (κ1) is 10.9. The second-order valence-electron chi connectivity index (χ2n) is 3.34. The number of nitrogens with zero attached hydrogens (tertiary/aromatic N) is 1. The topological polar surface area (TPSA) is 41.9 Å². The van der Waals surface area contributed by atoms with Crippen LogP contribution < -0.4 is 0 Å². The van der Waals surface area contributed by atoms with Crippen LogP contribution in [0, 0.1) is 0 Å². The Labute approximate surface area is 79.4 Å². The van der Waals surface area contributed by atoms with Crippen molar-refractivity contribution in [3.05, 3.63) is 0 Å². The Bertz CT molecular complexity index is 126. The van der Waals surface area contributed by atoms with Crippen LogP contribution in [0.1, 0.15) is 12.8 Å². The van der Waals surface area contributed by atoms with Crippen molar-refractivity contribution in [3.63, 3.8) is 0 Å². The van der Waals surface area contributed by atoms with Crippen molar-refractivity contribution in [1.29, 1.82) is 0 Å². The summed E-state index contributed by atoms with van der Waals surface area (Å²) in [6.07, 6.45) is 1.86. The lowest BCUT2D eigenvalue weighted by Gasteiger charge is -2.25. The first-order valence-electron chi connectivity index (χ1n) is 4.85. The summed E-state index contributed by atoms with van der Waals surface area (Å²) in [5, 5.41) is 8.67. The first-order valence-corrected chi connectivity index (χ1v) is 4.85. The zero-order valence-electron chi connectivity index (χ0n) is 8.24.